The van der Waals surface area contributed by atoms with Crippen molar-refractivity contribution in [3.8, 4) is 0 Å². The smallest absolute Gasteiger partial charge is 0.271 e. The van der Waals surface area contributed by atoms with Crippen LogP contribution in [-0.4, -0.2) is 15.8 Å². The largest absolute Gasteiger partial charge is 0.306 e. The lowest BCUT2D eigenvalue weighted by Crippen LogP contribution is -2.13. The third kappa shape index (κ3) is 3.31. The van der Waals surface area contributed by atoms with Gasteiger partial charge in [0.2, 0.25) is 0 Å². The molecule has 0 aliphatic carbocycles. The molecule has 1 N–H and O–H groups in total. The minimum Gasteiger partial charge on any atom is -0.306 e. The number of anilines is 1. The summed E-state index contributed by atoms with van der Waals surface area (Å²) in [7, 11) is 0. The molecule has 0 atom stereocenters. The Morgan fingerprint density at radius 1 is 1.40 bits per heavy atom. The van der Waals surface area contributed by atoms with E-state index in [2.05, 4.69) is 26.2 Å². The SMILES string of the molecule is O=C(Nc1ncccc1Br)c1cc(Cl)cc([N+](=O)[O-])c1. The second kappa shape index (κ2) is 5.98. The van der Waals surface area contributed by atoms with Crippen molar-refractivity contribution >= 4 is 44.9 Å². The normalized spacial score (nSPS) is 10.1. The zero-order chi connectivity index (χ0) is 14.7. The van der Waals surface area contributed by atoms with Gasteiger partial charge >= 0.3 is 0 Å². The molecule has 1 aromatic carbocycles. The molecule has 20 heavy (non-hydrogen) atoms. The lowest BCUT2D eigenvalue weighted by Gasteiger charge is -2.06. The molecule has 0 bridgehead atoms. The van der Waals surface area contributed by atoms with E-state index in [1.54, 1.807) is 12.1 Å². The lowest BCUT2D eigenvalue weighted by atomic mass is 10.2. The average molecular weight is 357 g/mol. The molecule has 0 saturated carbocycles. The van der Waals surface area contributed by atoms with E-state index in [-0.39, 0.29) is 16.3 Å². The summed E-state index contributed by atoms with van der Waals surface area (Å²) in [5.41, 5.74) is -0.163. The van der Waals surface area contributed by atoms with Crippen molar-refractivity contribution < 1.29 is 9.72 Å². The molecule has 2 rings (SSSR count). The molecule has 0 spiro atoms. The van der Waals surface area contributed by atoms with Gasteiger partial charge in [-0.15, -0.1) is 0 Å². The van der Waals surface area contributed by atoms with Gasteiger partial charge in [-0.3, -0.25) is 14.9 Å². The fourth-order valence-electron chi connectivity index (χ4n) is 1.47. The molecule has 102 valence electrons. The summed E-state index contributed by atoms with van der Waals surface area (Å²) in [4.78, 5) is 26.1. The van der Waals surface area contributed by atoms with Crippen LogP contribution in [0.2, 0.25) is 5.02 Å². The topological polar surface area (TPSA) is 85.1 Å². The van der Waals surface area contributed by atoms with Crippen LogP contribution in [0.1, 0.15) is 10.4 Å². The Morgan fingerprint density at radius 2 is 2.15 bits per heavy atom. The van der Waals surface area contributed by atoms with Gasteiger partial charge in [0.25, 0.3) is 11.6 Å². The number of hydrogen-bond acceptors (Lipinski definition) is 4. The van der Waals surface area contributed by atoms with Crippen molar-refractivity contribution in [3.05, 3.63) is 61.7 Å². The number of nitrogens with zero attached hydrogens (tertiary/aromatic N) is 2. The van der Waals surface area contributed by atoms with E-state index in [4.69, 9.17) is 11.6 Å². The monoisotopic (exact) mass is 355 g/mol. The zero-order valence-corrected chi connectivity index (χ0v) is 12.2. The van der Waals surface area contributed by atoms with E-state index >= 15 is 0 Å². The first-order chi connectivity index (χ1) is 9.47. The predicted molar refractivity (Wildman–Crippen MR) is 78.0 cm³/mol. The number of nitrogens with one attached hydrogen (secondary N) is 1. The maximum Gasteiger partial charge on any atom is 0.271 e. The summed E-state index contributed by atoms with van der Waals surface area (Å²) in [5, 5.41) is 13.4. The Balaban J connectivity index is 2.30. The van der Waals surface area contributed by atoms with Gasteiger partial charge in [0.15, 0.2) is 0 Å². The fraction of sp³-hybridized carbons (Fsp3) is 0. The van der Waals surface area contributed by atoms with Gasteiger partial charge in [0, 0.05) is 28.9 Å². The van der Waals surface area contributed by atoms with Crippen LogP contribution in [0, 0.1) is 10.1 Å². The molecule has 0 saturated heterocycles. The van der Waals surface area contributed by atoms with E-state index in [9.17, 15) is 14.9 Å². The van der Waals surface area contributed by atoms with Crippen LogP contribution in [0.3, 0.4) is 0 Å². The van der Waals surface area contributed by atoms with E-state index in [1.807, 2.05) is 0 Å². The molecule has 0 aliphatic heterocycles. The summed E-state index contributed by atoms with van der Waals surface area (Å²) >= 11 is 9.00. The molecule has 0 fully saturated rings. The van der Waals surface area contributed by atoms with Crippen molar-refractivity contribution in [3.63, 3.8) is 0 Å². The van der Waals surface area contributed by atoms with Gasteiger partial charge in [-0.1, -0.05) is 11.6 Å². The molecule has 2 aromatic rings. The third-order valence-corrected chi connectivity index (χ3v) is 3.20. The second-order valence-corrected chi connectivity index (χ2v) is 5.03. The number of carbonyl (C=O) groups is 1. The number of aromatic nitrogens is 1. The number of nitro benzene ring substituents is 1. The molecule has 1 heterocycles. The molecule has 0 unspecified atom stereocenters. The molecule has 8 heteroatoms. The number of hydrogen-bond donors (Lipinski definition) is 1. The van der Waals surface area contributed by atoms with Gasteiger partial charge in [-0.05, 0) is 34.1 Å². The van der Waals surface area contributed by atoms with Crippen molar-refractivity contribution in [2.75, 3.05) is 5.32 Å². The molecule has 1 amide bonds. The first-order valence-corrected chi connectivity index (χ1v) is 6.51. The van der Waals surface area contributed by atoms with Crippen LogP contribution in [0.4, 0.5) is 11.5 Å². The summed E-state index contributed by atoms with van der Waals surface area (Å²) in [6, 6.07) is 7.08. The van der Waals surface area contributed by atoms with Crippen LogP contribution >= 0.6 is 27.5 Å². The minimum atomic E-state index is -0.612. The minimum absolute atomic E-state index is 0.0850. The van der Waals surface area contributed by atoms with E-state index < -0.39 is 10.8 Å². The fourth-order valence-corrected chi connectivity index (χ4v) is 2.05. The molecule has 0 aliphatic rings. The van der Waals surface area contributed by atoms with Gasteiger partial charge < -0.3 is 5.32 Å². The first-order valence-electron chi connectivity index (χ1n) is 5.34. The van der Waals surface area contributed by atoms with Crippen LogP contribution in [-0.2, 0) is 0 Å². The van der Waals surface area contributed by atoms with E-state index in [0.717, 1.165) is 6.07 Å². The van der Waals surface area contributed by atoms with Gasteiger partial charge in [-0.2, -0.15) is 0 Å². The molecule has 0 radical (unpaired) electrons. The number of halogens is 2. The Bertz CT molecular complexity index is 693. The molecule has 1 aromatic heterocycles. The highest BCUT2D eigenvalue weighted by molar-refractivity contribution is 9.10. The van der Waals surface area contributed by atoms with Gasteiger partial charge in [0.1, 0.15) is 5.82 Å². The van der Waals surface area contributed by atoms with Crippen LogP contribution in [0.5, 0.6) is 0 Å². The lowest BCUT2D eigenvalue weighted by molar-refractivity contribution is -0.384. The highest BCUT2D eigenvalue weighted by atomic mass is 79.9. The van der Waals surface area contributed by atoms with E-state index in [1.165, 1.54) is 18.3 Å². The Labute approximate surface area is 127 Å². The first kappa shape index (κ1) is 14.4. The number of pyridine rings is 1. The van der Waals surface area contributed by atoms with Crippen LogP contribution in [0.25, 0.3) is 0 Å². The van der Waals surface area contributed by atoms with Crippen molar-refractivity contribution in [2.45, 2.75) is 0 Å². The molecule has 6 nitrogen and oxygen atoms in total. The average Bonchev–Trinajstić information content (AvgIpc) is 2.40. The number of amides is 1. The van der Waals surface area contributed by atoms with Crippen LogP contribution in [0.15, 0.2) is 41.0 Å². The highest BCUT2D eigenvalue weighted by Crippen LogP contribution is 2.23. The second-order valence-electron chi connectivity index (χ2n) is 3.74. The summed E-state index contributed by atoms with van der Waals surface area (Å²) < 4.78 is 0.602. The van der Waals surface area contributed by atoms with E-state index in [0.29, 0.717) is 10.3 Å². The number of carbonyl (C=O) groups excluding carboxylic acids is 1. The van der Waals surface area contributed by atoms with Gasteiger partial charge in [-0.25, -0.2) is 4.98 Å². The predicted octanol–water partition coefficient (Wildman–Crippen LogP) is 3.66. The van der Waals surface area contributed by atoms with Crippen LogP contribution < -0.4 is 5.32 Å². The molecular formula is C12H7BrClN3O3. The highest BCUT2D eigenvalue weighted by Gasteiger charge is 2.15. The maximum absolute atomic E-state index is 12.0. The Kier molecular flexibility index (Phi) is 4.31. The van der Waals surface area contributed by atoms with Gasteiger partial charge in [0.05, 0.1) is 9.40 Å². The Hall–Kier alpha value is -1.99. The van der Waals surface area contributed by atoms with Crippen molar-refractivity contribution in [1.29, 1.82) is 0 Å². The Morgan fingerprint density at radius 3 is 2.80 bits per heavy atom. The number of benzene rings is 1. The van der Waals surface area contributed by atoms with Crippen molar-refractivity contribution in [1.82, 2.24) is 4.98 Å². The maximum atomic E-state index is 12.0. The zero-order valence-electron chi connectivity index (χ0n) is 9.84. The third-order valence-electron chi connectivity index (χ3n) is 2.35. The summed E-state index contributed by atoms with van der Waals surface area (Å²) in [6.07, 6.45) is 1.51. The summed E-state index contributed by atoms with van der Waals surface area (Å²) in [6.45, 7) is 0. The number of nitro groups is 1. The molecular weight excluding hydrogens is 350 g/mol. The summed E-state index contributed by atoms with van der Waals surface area (Å²) in [5.74, 6) is -0.213. The van der Waals surface area contributed by atoms with Crippen molar-refractivity contribution in [2.24, 2.45) is 0 Å². The number of non-ortho nitro benzene ring substituents is 1. The quantitative estimate of drug-likeness (QED) is 0.672. The number of rotatable bonds is 3. The standard InChI is InChI=1S/C12H7BrClN3O3/c13-10-2-1-3-15-11(10)16-12(18)7-4-8(14)6-9(5-7)17(19)20/h1-6H,(H,15,16,18).